The Kier molecular flexibility index (Phi) is 33.3. The number of amides is 3. The minimum absolute atomic E-state index is 0.00493. The lowest BCUT2D eigenvalue weighted by molar-refractivity contribution is -0.265. The number of anilines is 3. The van der Waals surface area contributed by atoms with Crippen LogP contribution < -0.4 is 27.4 Å². The number of carbonyl (C=O) groups is 7. The molecule has 2 aromatic carbocycles. The van der Waals surface area contributed by atoms with Crippen molar-refractivity contribution in [2.24, 2.45) is 35.3 Å². The van der Waals surface area contributed by atoms with Crippen LogP contribution in [0.3, 0.4) is 0 Å². The van der Waals surface area contributed by atoms with Crippen molar-refractivity contribution in [2.45, 2.75) is 224 Å². The van der Waals surface area contributed by atoms with Gasteiger partial charge in [0.2, 0.25) is 23.5 Å². The number of nitrogens with zero attached hydrogens (tertiary/aromatic N) is 16. The third kappa shape index (κ3) is 24.1. The van der Waals surface area contributed by atoms with Crippen molar-refractivity contribution in [2.75, 3.05) is 96.3 Å². The molecule has 10 heterocycles. The lowest BCUT2D eigenvalue weighted by Crippen LogP contribution is -2.61. The van der Waals surface area contributed by atoms with E-state index in [-0.39, 0.29) is 93.0 Å². The number of hydrogen-bond donors (Lipinski definition) is 7. The number of nitrogens with one attached hydrogen (secondary N) is 1. The molecule has 1 unspecified atom stereocenters. The van der Waals surface area contributed by atoms with Gasteiger partial charge in [-0.3, -0.25) is 28.8 Å². The number of rotatable bonds is 27. The van der Waals surface area contributed by atoms with Crippen LogP contribution in [0.5, 0.6) is 0 Å². The highest BCUT2D eigenvalue weighted by Crippen LogP contribution is 2.42. The molecular formula is C93H124N20O17. The van der Waals surface area contributed by atoms with Crippen LogP contribution in [0.2, 0.25) is 0 Å². The van der Waals surface area contributed by atoms with E-state index in [4.69, 9.17) is 65.1 Å². The number of unbranched alkanes of at least 4 members (excludes halogenated alkanes) is 1. The number of piperidine rings is 1. The topological polar surface area (TPSA) is 492 Å². The number of hydrogen-bond acceptors (Lipinski definition) is 31. The van der Waals surface area contributed by atoms with Crippen molar-refractivity contribution in [3.05, 3.63) is 127 Å². The van der Waals surface area contributed by atoms with Crippen LogP contribution in [-0.2, 0) is 81.5 Å². The van der Waals surface area contributed by atoms with Crippen molar-refractivity contribution in [3.63, 3.8) is 0 Å². The SMILES string of the molecule is CO[C@H]1C[C@@H]2CC[C@@H](C)[C@@](O)(O2)C(=O)C(=O)N2CCCC[C@H]2C(=O)O[C@H]([C@H](N)C[C@@H]2CCC(n3nncc3-c3cccc(-c4cnc(N5CCN(C(=O)CCc6cn(CCOCCOCCC(=O)NCCCCn7nc(-c8ccc9oc(N)nc9c8)c8c(N)ncnc87)nn6)CC5)nc4)c3)[C@H](OC)C2)CC(=O)[C@H](C)/C=C(\C)[C@@H](O)[C@@H](O)C(=O)[C@H](C)C[C@H](C)/C=C/C=C/C=C/1C. The van der Waals surface area contributed by atoms with Crippen molar-refractivity contribution in [1.82, 2.24) is 79.8 Å². The highest BCUT2D eigenvalue weighted by atomic mass is 16.6. The van der Waals surface area contributed by atoms with Gasteiger partial charge in [0.05, 0.1) is 80.3 Å². The number of cyclic esters (lactones) is 1. The normalized spacial score (nSPS) is 26.8. The van der Waals surface area contributed by atoms with Gasteiger partial charge in [0.1, 0.15) is 53.5 Å². The molecule has 10 N–H and O–H groups in total. The fourth-order valence-corrected chi connectivity index (χ4v) is 18.1. The molecule has 1 aliphatic carbocycles. The Morgan fingerprint density at radius 2 is 1.55 bits per heavy atom. The van der Waals surface area contributed by atoms with E-state index in [9.17, 15) is 48.9 Å². The van der Waals surface area contributed by atoms with E-state index in [2.05, 4.69) is 45.8 Å². The number of benzene rings is 2. The third-order valence-corrected chi connectivity index (χ3v) is 25.8. The summed E-state index contributed by atoms with van der Waals surface area (Å²) in [7, 11) is 3.19. The molecule has 4 fully saturated rings. The Morgan fingerprint density at radius 1 is 0.762 bits per heavy atom. The second-order valence-electron chi connectivity index (χ2n) is 35.1. The zero-order chi connectivity index (χ0) is 92.3. The Hall–Kier alpha value is -11.3. The Balaban J connectivity index is 0.553. The highest BCUT2D eigenvalue weighted by Gasteiger charge is 2.53. The molecular weight excluding hydrogens is 1670 g/mol. The Labute approximate surface area is 755 Å². The van der Waals surface area contributed by atoms with Gasteiger partial charge in [-0.05, 0) is 144 Å². The van der Waals surface area contributed by atoms with Gasteiger partial charge in [0.25, 0.3) is 17.7 Å². The molecule has 5 aliphatic rings. The maximum atomic E-state index is 14.9. The van der Waals surface area contributed by atoms with Crippen LogP contribution >= 0.6 is 0 Å². The zero-order valence-electron chi connectivity index (χ0n) is 75.4. The fourth-order valence-electron chi connectivity index (χ4n) is 18.1. The predicted octanol–water partition coefficient (Wildman–Crippen LogP) is 7.82. The maximum Gasteiger partial charge on any atom is 0.329 e. The average molecular weight is 1790 g/mol. The van der Waals surface area contributed by atoms with Gasteiger partial charge < -0.3 is 85.4 Å². The van der Waals surface area contributed by atoms with Crippen LogP contribution in [-0.4, -0.2) is 265 Å². The molecule has 37 heteroatoms. The summed E-state index contributed by atoms with van der Waals surface area (Å²) in [6.07, 6.45) is 19.7. The number of aliphatic hydroxyl groups is 3. The molecule has 0 spiro atoms. The number of carbonyl (C=O) groups excluding carboxylic acids is 7. The third-order valence-electron chi connectivity index (χ3n) is 25.8. The van der Waals surface area contributed by atoms with Crippen LogP contribution in [0, 0.1) is 29.6 Å². The summed E-state index contributed by atoms with van der Waals surface area (Å²) >= 11 is 0. The minimum atomic E-state index is -2.51. The number of aryl methyl sites for hydroxylation is 2. The summed E-state index contributed by atoms with van der Waals surface area (Å²) in [6, 6.07) is 11.0. The van der Waals surface area contributed by atoms with Gasteiger partial charge in [0.15, 0.2) is 17.0 Å². The molecule has 4 aliphatic heterocycles. The Bertz CT molecular complexity index is 5350. The summed E-state index contributed by atoms with van der Waals surface area (Å²) in [6.45, 7) is 15.2. The number of oxazole rings is 1. The molecule has 698 valence electrons. The standard InChI is InChI=1S/C93H124N20O17/c1-56-17-10-9-11-18-57(2)76(124-7)49-68-26-22-61(6)93(123,130-68)86(120)89(121)111-32-14-12-21-72(111)90(122)128-77(50-74(114)58(3)44-60(5)84(118)85(119)83(117)59(4)43-56)69(94)45-62-23-27-71(78(46-62)125-8)113-73(53-102-106-113)64-20-16-19-63(47-64)66-51-98-92(99-52-66)109-36-34-108(35-37-109)80(116)29-25-67-54-110(107-104-67)38-40-127-42-41-126-39-30-79(115)97-31-13-15-33-112-88-81(87(95)100-55-101-88)82(105-112)65-24-28-75-70(48-65)103-91(96)129-75/h9-11,16-20,24,28,44,47-48,51-56,58-59,61-62,68-69,71-72,76-78,84-85,118-119,123H,12-15,21-23,25-27,29-43,45-46,49-50,94H2,1-8H3,(H2,96,103)(H,97,115)(H2,95,100,101)/b11-9+,17-10+,57-18+,60-44+/t56-,58-,59-,61-,62+,68+,69-,71?,72+,76+,77+,78-,84-,85+,93-/m1/s1. The molecule has 130 heavy (non-hydrogen) atoms. The largest absolute Gasteiger partial charge is 0.459 e. The Morgan fingerprint density at radius 3 is 2.33 bits per heavy atom. The van der Waals surface area contributed by atoms with E-state index in [1.807, 2.05) is 96.4 Å². The smallest absolute Gasteiger partial charge is 0.329 e. The predicted molar refractivity (Wildman–Crippen MR) is 481 cm³/mol. The number of piperazine rings is 1. The average Bonchev–Trinajstić information content (AvgIpc) is 1.35. The second-order valence-corrected chi connectivity index (χ2v) is 35.1. The lowest BCUT2D eigenvalue weighted by atomic mass is 9.79. The lowest BCUT2D eigenvalue weighted by Gasteiger charge is -2.42. The number of methoxy groups -OCH3 is 2. The van der Waals surface area contributed by atoms with Crippen molar-refractivity contribution in [3.8, 4) is 33.6 Å². The molecule has 6 aromatic heterocycles. The first-order chi connectivity index (χ1) is 62.6. The van der Waals surface area contributed by atoms with Crippen molar-refractivity contribution < 1.29 is 81.7 Å². The number of nitrogens with two attached hydrogens (primary N) is 3. The quantitative estimate of drug-likeness (QED) is 0.0112. The molecule has 8 aromatic rings. The van der Waals surface area contributed by atoms with E-state index in [0.717, 1.165) is 44.8 Å². The minimum Gasteiger partial charge on any atom is -0.459 e. The van der Waals surface area contributed by atoms with E-state index in [0.29, 0.717) is 175 Å². The number of ketones is 3. The second kappa shape index (κ2) is 45.0. The van der Waals surface area contributed by atoms with Crippen molar-refractivity contribution in [1.29, 1.82) is 0 Å². The first-order valence-corrected chi connectivity index (χ1v) is 45.4. The number of ether oxygens (including phenoxy) is 6. The summed E-state index contributed by atoms with van der Waals surface area (Å²) < 4.78 is 47.0. The van der Waals surface area contributed by atoms with E-state index in [1.54, 1.807) is 69.0 Å². The van der Waals surface area contributed by atoms with Crippen LogP contribution in [0.25, 0.3) is 55.8 Å². The molecule has 37 nitrogen and oxygen atoms in total. The number of aliphatic hydroxyl groups excluding tert-OH is 2. The fraction of sp³-hybridized carbons (Fsp3) is 0.559. The number of allylic oxidation sites excluding steroid dienone is 6. The summed E-state index contributed by atoms with van der Waals surface area (Å²) in [5.41, 5.74) is 27.4. The van der Waals surface area contributed by atoms with Gasteiger partial charge >= 0.3 is 5.97 Å². The van der Waals surface area contributed by atoms with Crippen molar-refractivity contribution >= 4 is 81.0 Å². The molecule has 13 rings (SSSR count). The van der Waals surface area contributed by atoms with Gasteiger partial charge in [0, 0.05) is 151 Å². The first-order valence-electron chi connectivity index (χ1n) is 45.4. The summed E-state index contributed by atoms with van der Waals surface area (Å²) in [5.74, 6) is -8.41. The van der Waals surface area contributed by atoms with Gasteiger partial charge in [-0.1, -0.05) is 92.8 Å². The molecule has 2 bridgehead atoms. The number of aromatic nitrogens is 13. The zero-order valence-corrected chi connectivity index (χ0v) is 75.4. The van der Waals surface area contributed by atoms with Gasteiger partial charge in [-0.25, -0.2) is 38.8 Å². The van der Waals surface area contributed by atoms with E-state index >= 15 is 0 Å². The summed E-state index contributed by atoms with van der Waals surface area (Å²) in [4.78, 5) is 126. The first kappa shape index (κ1) is 96.3. The molecule has 3 amide bonds. The van der Waals surface area contributed by atoms with Crippen LogP contribution in [0.4, 0.5) is 17.8 Å². The molecule has 15 atom stereocenters. The highest BCUT2D eigenvalue weighted by molar-refractivity contribution is 6.39. The molecule has 0 radical (unpaired) electrons. The maximum absolute atomic E-state index is 14.9. The van der Waals surface area contributed by atoms with Crippen LogP contribution in [0.1, 0.15) is 156 Å². The number of nitrogen functional groups attached to an aromatic ring is 2. The van der Waals surface area contributed by atoms with E-state index in [1.165, 1.54) is 19.3 Å². The number of Topliss-reactive ketones (excluding diaryl/α,β-unsaturated/α-hetero) is 3. The molecule has 3 saturated heterocycles. The van der Waals surface area contributed by atoms with Gasteiger partial charge in [-0.2, -0.15) is 10.1 Å². The van der Waals surface area contributed by atoms with E-state index < -0.39 is 101 Å². The monoisotopic (exact) mass is 1790 g/mol. The molecule has 1 saturated carbocycles. The number of fused-ring (bicyclic) bond motifs is 5. The van der Waals surface area contributed by atoms with Crippen LogP contribution in [0.15, 0.2) is 126 Å². The number of esters is 1. The summed E-state index contributed by atoms with van der Waals surface area (Å²) in [5, 5.41) is 60.9. The van der Waals surface area contributed by atoms with Gasteiger partial charge in [-0.15, -0.1) is 10.2 Å².